The predicted octanol–water partition coefficient (Wildman–Crippen LogP) is 1.88. The van der Waals surface area contributed by atoms with Crippen LogP contribution in [0.3, 0.4) is 0 Å². The van der Waals surface area contributed by atoms with Gasteiger partial charge in [-0.1, -0.05) is 24.9 Å². The number of rotatable bonds is 6. The van der Waals surface area contributed by atoms with Gasteiger partial charge in [-0.05, 0) is 25.2 Å². The number of aliphatic hydroxyl groups is 1. The molecule has 2 rings (SSSR count). The van der Waals surface area contributed by atoms with Crippen LogP contribution in [0.4, 0.5) is 5.69 Å². The summed E-state index contributed by atoms with van der Waals surface area (Å²) in [5.41, 5.74) is 0.342. The Balaban J connectivity index is 1.97. The molecule has 6 heteroatoms. The van der Waals surface area contributed by atoms with E-state index in [-0.39, 0.29) is 16.7 Å². The van der Waals surface area contributed by atoms with Crippen LogP contribution >= 0.6 is 11.6 Å². The summed E-state index contributed by atoms with van der Waals surface area (Å²) in [6.07, 6.45) is 4.99. The Kier molecular flexibility index (Phi) is 4.82. The number of unbranched alkanes of at least 4 members (excludes halogenated alkanes) is 1. The van der Waals surface area contributed by atoms with E-state index in [0.717, 1.165) is 32.2 Å². The minimum Gasteiger partial charge on any atom is -0.393 e. The fourth-order valence-corrected chi connectivity index (χ4v) is 2.39. The zero-order valence-electron chi connectivity index (χ0n) is 11.1. The third-order valence-electron chi connectivity index (χ3n) is 3.50. The molecule has 1 heterocycles. The third-order valence-corrected chi connectivity index (χ3v) is 3.87. The molecule has 1 aliphatic carbocycles. The molecule has 5 nitrogen and oxygen atoms in total. The molecule has 0 bridgehead atoms. The monoisotopic (exact) mass is 285 g/mol. The number of aromatic nitrogens is 2. The van der Waals surface area contributed by atoms with E-state index >= 15 is 0 Å². The van der Waals surface area contributed by atoms with Crippen molar-refractivity contribution in [2.45, 2.75) is 45.3 Å². The van der Waals surface area contributed by atoms with Crippen molar-refractivity contribution in [2.24, 2.45) is 5.92 Å². The Bertz CT molecular complexity index is 483. The van der Waals surface area contributed by atoms with Crippen LogP contribution in [0, 0.1) is 5.92 Å². The predicted molar refractivity (Wildman–Crippen MR) is 75.6 cm³/mol. The maximum absolute atomic E-state index is 12.0. The van der Waals surface area contributed by atoms with Crippen molar-refractivity contribution in [2.75, 3.05) is 11.9 Å². The van der Waals surface area contributed by atoms with Crippen LogP contribution in [0.15, 0.2) is 11.0 Å². The first kappa shape index (κ1) is 14.3. The summed E-state index contributed by atoms with van der Waals surface area (Å²) in [7, 11) is 0. The number of anilines is 1. The molecule has 1 aromatic rings. The standard InChI is InChI=1S/C13H20ClN3O2/c1-2-3-4-17-13(19)12(14)11(8-16-17)15-7-9-5-10(18)6-9/h8-10,15,18H,2-7H2,1H3. The summed E-state index contributed by atoms with van der Waals surface area (Å²) < 4.78 is 1.41. The topological polar surface area (TPSA) is 67.2 Å². The zero-order valence-corrected chi connectivity index (χ0v) is 11.9. The van der Waals surface area contributed by atoms with E-state index in [4.69, 9.17) is 11.6 Å². The molecule has 0 aliphatic heterocycles. The number of hydrogen-bond donors (Lipinski definition) is 2. The second-order valence-electron chi connectivity index (χ2n) is 5.13. The molecule has 19 heavy (non-hydrogen) atoms. The Labute approximate surface area is 117 Å². The molecule has 0 aromatic carbocycles. The van der Waals surface area contributed by atoms with Gasteiger partial charge in [0.2, 0.25) is 0 Å². The number of halogens is 1. The van der Waals surface area contributed by atoms with E-state index in [1.165, 1.54) is 4.68 Å². The smallest absolute Gasteiger partial charge is 0.287 e. The van der Waals surface area contributed by atoms with Crippen LogP contribution in [-0.4, -0.2) is 27.5 Å². The summed E-state index contributed by atoms with van der Waals surface area (Å²) in [5.74, 6) is 0.452. The molecule has 0 radical (unpaired) electrons. The van der Waals surface area contributed by atoms with Crippen molar-refractivity contribution in [3.8, 4) is 0 Å². The van der Waals surface area contributed by atoms with E-state index < -0.39 is 0 Å². The van der Waals surface area contributed by atoms with Gasteiger partial charge in [0.05, 0.1) is 18.0 Å². The lowest BCUT2D eigenvalue weighted by Gasteiger charge is -2.31. The minimum atomic E-state index is -0.242. The summed E-state index contributed by atoms with van der Waals surface area (Å²) in [4.78, 5) is 12.0. The SMILES string of the molecule is CCCCn1ncc(NCC2CC(O)C2)c(Cl)c1=O. The summed E-state index contributed by atoms with van der Waals surface area (Å²) in [5, 5.41) is 16.7. The summed E-state index contributed by atoms with van der Waals surface area (Å²) in [6, 6.07) is 0. The van der Waals surface area contributed by atoms with Crippen LogP contribution < -0.4 is 10.9 Å². The Hall–Kier alpha value is -1.07. The molecule has 1 fully saturated rings. The van der Waals surface area contributed by atoms with Gasteiger partial charge < -0.3 is 10.4 Å². The molecule has 1 aromatic heterocycles. The Morgan fingerprint density at radius 2 is 2.32 bits per heavy atom. The van der Waals surface area contributed by atoms with Crippen molar-refractivity contribution in [3.05, 3.63) is 21.6 Å². The van der Waals surface area contributed by atoms with Crippen molar-refractivity contribution < 1.29 is 5.11 Å². The molecule has 0 spiro atoms. The number of hydrogen-bond acceptors (Lipinski definition) is 4. The molecule has 0 saturated heterocycles. The largest absolute Gasteiger partial charge is 0.393 e. The average Bonchev–Trinajstić information content (AvgIpc) is 2.36. The van der Waals surface area contributed by atoms with Crippen molar-refractivity contribution in [1.29, 1.82) is 0 Å². The second kappa shape index (κ2) is 6.39. The number of nitrogens with one attached hydrogen (secondary N) is 1. The van der Waals surface area contributed by atoms with Crippen molar-refractivity contribution in [1.82, 2.24) is 9.78 Å². The highest BCUT2D eigenvalue weighted by atomic mass is 35.5. The maximum Gasteiger partial charge on any atom is 0.287 e. The Morgan fingerprint density at radius 1 is 1.58 bits per heavy atom. The first-order valence-electron chi connectivity index (χ1n) is 6.79. The lowest BCUT2D eigenvalue weighted by Crippen LogP contribution is -2.33. The van der Waals surface area contributed by atoms with Crippen LogP contribution in [0.2, 0.25) is 5.02 Å². The molecule has 0 atom stereocenters. The van der Waals surface area contributed by atoms with Gasteiger partial charge in [-0.25, -0.2) is 4.68 Å². The molecule has 1 aliphatic rings. The highest BCUT2D eigenvalue weighted by Crippen LogP contribution is 2.27. The van der Waals surface area contributed by atoms with E-state index in [9.17, 15) is 9.90 Å². The molecule has 2 N–H and O–H groups in total. The lowest BCUT2D eigenvalue weighted by atomic mass is 9.82. The highest BCUT2D eigenvalue weighted by Gasteiger charge is 2.26. The van der Waals surface area contributed by atoms with Crippen LogP contribution in [0.1, 0.15) is 32.6 Å². The van der Waals surface area contributed by atoms with Crippen LogP contribution in [0.25, 0.3) is 0 Å². The van der Waals surface area contributed by atoms with Crippen molar-refractivity contribution in [3.63, 3.8) is 0 Å². The van der Waals surface area contributed by atoms with Crippen molar-refractivity contribution >= 4 is 17.3 Å². The van der Waals surface area contributed by atoms with Gasteiger partial charge in [0.25, 0.3) is 5.56 Å². The fourth-order valence-electron chi connectivity index (χ4n) is 2.18. The Morgan fingerprint density at radius 3 is 2.95 bits per heavy atom. The molecule has 1 saturated carbocycles. The first-order chi connectivity index (χ1) is 9.11. The second-order valence-corrected chi connectivity index (χ2v) is 5.50. The molecule has 106 valence electrons. The van der Waals surface area contributed by atoms with Gasteiger partial charge in [-0.3, -0.25) is 4.79 Å². The summed E-state index contributed by atoms with van der Waals surface area (Å²) in [6.45, 7) is 3.39. The fraction of sp³-hybridized carbons (Fsp3) is 0.692. The van der Waals surface area contributed by atoms with Gasteiger partial charge in [-0.2, -0.15) is 5.10 Å². The van der Waals surface area contributed by atoms with E-state index in [1.807, 2.05) is 0 Å². The first-order valence-corrected chi connectivity index (χ1v) is 7.17. The maximum atomic E-state index is 12.0. The number of aliphatic hydroxyl groups excluding tert-OH is 1. The van der Waals surface area contributed by atoms with Gasteiger partial charge >= 0.3 is 0 Å². The van der Waals surface area contributed by atoms with Crippen LogP contribution in [0.5, 0.6) is 0 Å². The molecular formula is C13H20ClN3O2. The third kappa shape index (κ3) is 3.48. The number of aryl methyl sites for hydroxylation is 1. The quantitative estimate of drug-likeness (QED) is 0.837. The highest BCUT2D eigenvalue weighted by molar-refractivity contribution is 6.32. The normalized spacial score (nSPS) is 22.1. The average molecular weight is 286 g/mol. The zero-order chi connectivity index (χ0) is 13.8. The molecule has 0 amide bonds. The van der Waals surface area contributed by atoms with Crippen LogP contribution in [-0.2, 0) is 6.54 Å². The molecular weight excluding hydrogens is 266 g/mol. The summed E-state index contributed by atoms with van der Waals surface area (Å²) >= 11 is 6.07. The van der Waals surface area contributed by atoms with E-state index in [2.05, 4.69) is 17.3 Å². The van der Waals surface area contributed by atoms with Gasteiger partial charge in [0, 0.05) is 13.1 Å². The minimum absolute atomic E-state index is 0.164. The lowest BCUT2D eigenvalue weighted by molar-refractivity contribution is 0.0487. The van der Waals surface area contributed by atoms with Gasteiger partial charge in [0.15, 0.2) is 0 Å². The number of nitrogens with zero attached hydrogens (tertiary/aromatic N) is 2. The van der Waals surface area contributed by atoms with E-state index in [0.29, 0.717) is 18.2 Å². The van der Waals surface area contributed by atoms with Gasteiger partial charge in [0.1, 0.15) is 5.02 Å². The van der Waals surface area contributed by atoms with E-state index in [1.54, 1.807) is 6.20 Å². The van der Waals surface area contributed by atoms with Gasteiger partial charge in [-0.15, -0.1) is 0 Å². The molecule has 0 unspecified atom stereocenters.